The third-order valence-corrected chi connectivity index (χ3v) is 0.406. The molecule has 0 heterocycles. The molecule has 1 atom stereocenters. The van der Waals surface area contributed by atoms with E-state index in [0.29, 0.717) is 0 Å². The van der Waals surface area contributed by atoms with E-state index < -0.39 is 5.97 Å². The second kappa shape index (κ2) is 5.25. The lowest BCUT2D eigenvalue weighted by molar-refractivity contribution is -0.133. The highest BCUT2D eigenvalue weighted by Gasteiger charge is 1.81. The molecule has 0 aliphatic rings. The Balaban J connectivity index is 0. The number of carboxylic acid groups (broad SMARTS) is 1. The topological polar surface area (TPSA) is 37.3 Å². The van der Waals surface area contributed by atoms with Gasteiger partial charge < -0.3 is 5.11 Å². The molecule has 0 aromatic carbocycles. The minimum atomic E-state index is -0.881. The van der Waals surface area contributed by atoms with Gasteiger partial charge in [-0.2, -0.15) is 22.5 Å². The van der Waals surface area contributed by atoms with Crippen molar-refractivity contribution < 1.29 is 9.90 Å². The summed E-state index contributed by atoms with van der Waals surface area (Å²) in [6.45, 7) is 0. The standard InChI is InChI=1S/C2H4O2S.H3P/c3-2(4)1-5;/h5H,1H2,(H,3,4);1H3. The van der Waals surface area contributed by atoms with Crippen LogP contribution in [0.5, 0.6) is 0 Å². The Morgan fingerprint density at radius 3 is 2.00 bits per heavy atom. The fourth-order valence-corrected chi connectivity index (χ4v) is 0. The molecule has 0 aromatic heterocycles. The van der Waals surface area contributed by atoms with E-state index >= 15 is 0 Å². The molecule has 0 fully saturated rings. The van der Waals surface area contributed by atoms with E-state index in [0.717, 1.165) is 0 Å². The van der Waals surface area contributed by atoms with Crippen LogP contribution in [0.2, 0.25) is 0 Å². The summed E-state index contributed by atoms with van der Waals surface area (Å²) >= 11 is 3.42. The number of carboxylic acids is 1. The van der Waals surface area contributed by atoms with E-state index in [-0.39, 0.29) is 15.7 Å². The van der Waals surface area contributed by atoms with Crippen molar-refractivity contribution >= 4 is 28.5 Å². The third kappa shape index (κ3) is 8.87. The average Bonchev–Trinajstić information content (AvgIpc) is 1.38. The van der Waals surface area contributed by atoms with Gasteiger partial charge in [0.15, 0.2) is 0 Å². The van der Waals surface area contributed by atoms with Gasteiger partial charge in [-0.3, -0.25) is 4.79 Å². The van der Waals surface area contributed by atoms with Crippen LogP contribution in [0.4, 0.5) is 0 Å². The summed E-state index contributed by atoms with van der Waals surface area (Å²) in [7, 11) is 0. The van der Waals surface area contributed by atoms with Crippen molar-refractivity contribution in [2.45, 2.75) is 0 Å². The van der Waals surface area contributed by atoms with Gasteiger partial charge in [0.1, 0.15) is 0 Å². The number of hydrogen-bond acceptors (Lipinski definition) is 2. The van der Waals surface area contributed by atoms with Gasteiger partial charge in [0.25, 0.3) is 0 Å². The van der Waals surface area contributed by atoms with Crippen molar-refractivity contribution in [1.29, 1.82) is 0 Å². The van der Waals surface area contributed by atoms with Crippen LogP contribution in [0.3, 0.4) is 0 Å². The Labute approximate surface area is 45.0 Å². The molecule has 0 radical (unpaired) electrons. The highest BCUT2D eigenvalue weighted by Crippen LogP contribution is 1.66. The first-order valence-electron chi connectivity index (χ1n) is 1.10. The zero-order chi connectivity index (χ0) is 4.28. The summed E-state index contributed by atoms with van der Waals surface area (Å²) in [5, 5.41) is 7.65. The molecule has 0 saturated heterocycles. The Morgan fingerprint density at radius 1 is 1.83 bits per heavy atom. The van der Waals surface area contributed by atoms with Gasteiger partial charge in [-0.1, -0.05) is 0 Å². The van der Waals surface area contributed by atoms with Gasteiger partial charge in [0.05, 0.1) is 5.75 Å². The molecule has 0 aliphatic carbocycles. The van der Waals surface area contributed by atoms with E-state index in [1.54, 1.807) is 0 Å². The number of rotatable bonds is 1. The van der Waals surface area contributed by atoms with E-state index in [1.807, 2.05) is 0 Å². The zero-order valence-electron chi connectivity index (χ0n) is 3.22. The zero-order valence-corrected chi connectivity index (χ0v) is 5.53. The molecule has 0 aliphatic heterocycles. The summed E-state index contributed by atoms with van der Waals surface area (Å²) in [6.07, 6.45) is 0. The van der Waals surface area contributed by atoms with Crippen LogP contribution < -0.4 is 0 Å². The highest BCUT2D eigenvalue weighted by atomic mass is 32.1. The van der Waals surface area contributed by atoms with Gasteiger partial charge in [-0.15, -0.1) is 0 Å². The minimum Gasteiger partial charge on any atom is -0.481 e. The molecular formula is C2H7O2PS. The molecule has 1 N–H and O–H groups in total. The molecule has 0 rings (SSSR count). The highest BCUT2D eigenvalue weighted by molar-refractivity contribution is 7.81. The first-order chi connectivity index (χ1) is 2.27. The Kier molecular flexibility index (Phi) is 8.35. The van der Waals surface area contributed by atoms with Gasteiger partial charge in [0.2, 0.25) is 0 Å². The maximum absolute atomic E-state index is 9.29. The Hall–Kier alpha value is 0.250. The fraction of sp³-hybridized carbons (Fsp3) is 0.500. The predicted molar refractivity (Wildman–Crippen MR) is 32.6 cm³/mol. The monoisotopic (exact) mass is 126 g/mol. The fourth-order valence-electron chi connectivity index (χ4n) is 0. The van der Waals surface area contributed by atoms with E-state index in [1.165, 1.54) is 0 Å². The smallest absolute Gasteiger partial charge is 0.313 e. The maximum Gasteiger partial charge on any atom is 0.313 e. The van der Waals surface area contributed by atoms with Crippen molar-refractivity contribution in [2.24, 2.45) is 0 Å². The second-order valence-corrected chi connectivity index (χ2v) is 0.868. The van der Waals surface area contributed by atoms with E-state index in [4.69, 9.17) is 5.11 Å². The van der Waals surface area contributed by atoms with Gasteiger partial charge in [-0.25, -0.2) is 0 Å². The first kappa shape index (κ1) is 9.54. The average molecular weight is 126 g/mol. The summed E-state index contributed by atoms with van der Waals surface area (Å²) in [5.74, 6) is -0.965. The van der Waals surface area contributed by atoms with Crippen molar-refractivity contribution in [3.63, 3.8) is 0 Å². The predicted octanol–water partition coefficient (Wildman–Crippen LogP) is 0.0589. The lowest BCUT2D eigenvalue weighted by Gasteiger charge is -1.71. The minimum absolute atomic E-state index is 0. The molecule has 1 unspecified atom stereocenters. The lowest BCUT2D eigenvalue weighted by Crippen LogP contribution is -1.92. The molecule has 6 heavy (non-hydrogen) atoms. The SMILES string of the molecule is O=C(O)CS.P. The van der Waals surface area contributed by atoms with Crippen LogP contribution in [0.1, 0.15) is 0 Å². The quantitative estimate of drug-likeness (QED) is 0.385. The molecular weight excluding hydrogens is 119 g/mol. The van der Waals surface area contributed by atoms with Crippen molar-refractivity contribution in [3.8, 4) is 0 Å². The molecule has 4 heteroatoms. The lowest BCUT2D eigenvalue weighted by atomic mass is 10.8. The normalized spacial score (nSPS) is 6.17. The van der Waals surface area contributed by atoms with Crippen LogP contribution in [0, 0.1) is 0 Å². The van der Waals surface area contributed by atoms with Gasteiger partial charge >= 0.3 is 5.97 Å². The van der Waals surface area contributed by atoms with Crippen molar-refractivity contribution in [3.05, 3.63) is 0 Å². The third-order valence-electron chi connectivity index (χ3n) is 0.135. The Morgan fingerprint density at radius 2 is 2.00 bits per heavy atom. The first-order valence-corrected chi connectivity index (χ1v) is 1.73. The molecule has 0 saturated carbocycles. The van der Waals surface area contributed by atoms with Crippen LogP contribution >= 0.6 is 22.5 Å². The molecule has 38 valence electrons. The summed E-state index contributed by atoms with van der Waals surface area (Å²) < 4.78 is 0. The van der Waals surface area contributed by atoms with Crippen LogP contribution in [-0.4, -0.2) is 16.8 Å². The largest absolute Gasteiger partial charge is 0.481 e. The number of carbonyl (C=O) groups is 1. The summed E-state index contributed by atoms with van der Waals surface area (Å²) in [5.41, 5.74) is 0. The summed E-state index contributed by atoms with van der Waals surface area (Å²) in [6, 6.07) is 0. The van der Waals surface area contributed by atoms with E-state index in [2.05, 4.69) is 12.6 Å². The van der Waals surface area contributed by atoms with Crippen LogP contribution in [-0.2, 0) is 4.79 Å². The molecule has 0 amide bonds. The van der Waals surface area contributed by atoms with Gasteiger partial charge in [0, 0.05) is 0 Å². The molecule has 0 bridgehead atoms. The van der Waals surface area contributed by atoms with Crippen molar-refractivity contribution in [2.75, 3.05) is 5.75 Å². The number of aliphatic carboxylic acids is 1. The van der Waals surface area contributed by atoms with Gasteiger partial charge in [-0.05, 0) is 0 Å². The van der Waals surface area contributed by atoms with Crippen molar-refractivity contribution in [1.82, 2.24) is 0 Å². The molecule has 0 aromatic rings. The number of hydrogen-bond donors (Lipinski definition) is 2. The molecule has 0 spiro atoms. The van der Waals surface area contributed by atoms with E-state index in [9.17, 15) is 4.79 Å². The second-order valence-electron chi connectivity index (χ2n) is 0.552. The summed E-state index contributed by atoms with van der Waals surface area (Å²) in [4.78, 5) is 9.29. The number of thiol groups is 1. The van der Waals surface area contributed by atoms with Crippen LogP contribution in [0.15, 0.2) is 0 Å². The Bertz CT molecular complexity index is 46.8. The van der Waals surface area contributed by atoms with Crippen LogP contribution in [0.25, 0.3) is 0 Å². The maximum atomic E-state index is 9.29. The molecule has 2 nitrogen and oxygen atoms in total.